The first-order valence-electron chi connectivity index (χ1n) is 11.9. The van der Waals surface area contributed by atoms with Gasteiger partial charge in [-0.15, -0.1) is 0 Å². The van der Waals surface area contributed by atoms with Crippen LogP contribution in [-0.4, -0.2) is 0 Å². The van der Waals surface area contributed by atoms with Gasteiger partial charge in [-0.05, 0) is 0 Å². The Hall–Kier alpha value is -3.73. The van der Waals surface area contributed by atoms with Crippen molar-refractivity contribution in [3.05, 3.63) is 151 Å². The van der Waals surface area contributed by atoms with Gasteiger partial charge >= 0.3 is 202 Å². The molecule has 0 aliphatic rings. The van der Waals surface area contributed by atoms with E-state index < -0.39 is 7.26 Å². The maximum atomic E-state index is 2.35. The predicted molar refractivity (Wildman–Crippen MR) is 152 cm³/mol. The molecule has 0 bridgehead atoms. The third-order valence-electron chi connectivity index (χ3n) is 7.12. The van der Waals surface area contributed by atoms with Gasteiger partial charge < -0.3 is 0 Å². The van der Waals surface area contributed by atoms with Gasteiger partial charge in [0, 0.05) is 0 Å². The second-order valence-electron chi connectivity index (χ2n) is 8.98. The van der Waals surface area contributed by atoms with Crippen molar-refractivity contribution in [3.63, 3.8) is 0 Å². The van der Waals surface area contributed by atoms with Crippen molar-refractivity contribution in [1.29, 1.82) is 0 Å². The summed E-state index contributed by atoms with van der Waals surface area (Å²) in [5.74, 6) is 0. The van der Waals surface area contributed by atoms with Gasteiger partial charge in [-0.1, -0.05) is 0 Å². The number of rotatable bonds is 5. The van der Waals surface area contributed by atoms with Gasteiger partial charge in [-0.3, -0.25) is 0 Å². The average molecular weight is 455 g/mol. The molecule has 0 radical (unpaired) electrons. The molecule has 0 atom stereocenters. The molecule has 0 N–H and O–H groups in total. The van der Waals surface area contributed by atoms with Crippen LogP contribution in [0.25, 0.3) is 21.5 Å². The van der Waals surface area contributed by atoms with Crippen molar-refractivity contribution in [2.24, 2.45) is 0 Å². The van der Waals surface area contributed by atoms with E-state index in [9.17, 15) is 0 Å². The molecular weight excluding hydrogens is 427 g/mol. The van der Waals surface area contributed by atoms with Crippen LogP contribution in [0.3, 0.4) is 0 Å². The summed E-state index contributed by atoms with van der Waals surface area (Å²) in [5.41, 5.74) is 1.46. The van der Waals surface area contributed by atoms with Crippen LogP contribution < -0.4 is 15.9 Å². The molecule has 0 amide bonds. The summed E-state index contributed by atoms with van der Waals surface area (Å²) in [6.07, 6.45) is 1.01. The number of benzene rings is 6. The minimum absolute atomic E-state index is 1.01. The first kappa shape index (κ1) is 20.8. The van der Waals surface area contributed by atoms with Crippen molar-refractivity contribution < 1.29 is 0 Å². The second kappa shape index (κ2) is 8.90. The van der Waals surface area contributed by atoms with E-state index in [1.165, 1.54) is 43.0 Å². The van der Waals surface area contributed by atoms with E-state index >= 15 is 0 Å². The van der Waals surface area contributed by atoms with Gasteiger partial charge in [-0.25, -0.2) is 0 Å². The van der Waals surface area contributed by atoms with Gasteiger partial charge in [0.1, 0.15) is 0 Å². The molecule has 0 heterocycles. The Labute approximate surface area is 201 Å². The summed E-state index contributed by atoms with van der Waals surface area (Å²) >= 11 is 0. The van der Waals surface area contributed by atoms with Crippen LogP contribution in [0.4, 0.5) is 0 Å². The van der Waals surface area contributed by atoms with Crippen LogP contribution in [0.15, 0.2) is 146 Å². The van der Waals surface area contributed by atoms with E-state index in [4.69, 9.17) is 0 Å². The van der Waals surface area contributed by atoms with Crippen LogP contribution >= 0.6 is 7.26 Å². The fourth-order valence-electron chi connectivity index (χ4n) is 5.54. The summed E-state index contributed by atoms with van der Waals surface area (Å²) in [4.78, 5) is 0. The molecule has 1 heteroatoms. The zero-order valence-corrected chi connectivity index (χ0v) is 20.1. The molecule has 0 aliphatic heterocycles. The zero-order chi connectivity index (χ0) is 22.8. The van der Waals surface area contributed by atoms with Gasteiger partial charge in [0.2, 0.25) is 0 Å². The van der Waals surface area contributed by atoms with Crippen molar-refractivity contribution in [2.45, 2.75) is 6.16 Å². The Kier molecular flexibility index (Phi) is 5.46. The normalized spacial score (nSPS) is 12.1. The first-order valence-corrected chi connectivity index (χ1v) is 14.1. The van der Waals surface area contributed by atoms with E-state index in [1.807, 2.05) is 0 Å². The Morgan fingerprint density at radius 2 is 0.735 bits per heavy atom. The molecule has 0 fully saturated rings. The van der Waals surface area contributed by atoms with E-state index in [0.29, 0.717) is 0 Å². The molecule has 0 nitrogen and oxygen atoms in total. The van der Waals surface area contributed by atoms with Crippen molar-refractivity contribution in [3.8, 4) is 0 Å². The SMILES string of the molecule is c1ccc([PH](Cc2c3ccccc3cc3ccccc23)(c2ccccc2)c2ccccc2)cc1. The van der Waals surface area contributed by atoms with Gasteiger partial charge in [-0.2, -0.15) is 0 Å². The molecular formula is C33H27P. The summed E-state index contributed by atoms with van der Waals surface area (Å²) in [5, 5.41) is 9.70. The molecule has 0 aliphatic carbocycles. The van der Waals surface area contributed by atoms with Crippen molar-refractivity contribution in [1.82, 2.24) is 0 Å². The molecule has 6 aromatic rings. The van der Waals surface area contributed by atoms with Crippen molar-refractivity contribution >= 4 is 44.7 Å². The monoisotopic (exact) mass is 454 g/mol. The second-order valence-corrected chi connectivity index (χ2v) is 12.9. The molecule has 0 unspecified atom stereocenters. The van der Waals surface area contributed by atoms with Crippen LogP contribution in [0.2, 0.25) is 0 Å². The Balaban J connectivity index is 1.73. The summed E-state index contributed by atoms with van der Waals surface area (Å²) in [6.45, 7) is 0. The van der Waals surface area contributed by atoms with E-state index in [0.717, 1.165) is 6.16 Å². The van der Waals surface area contributed by atoms with E-state index in [-0.39, 0.29) is 0 Å². The van der Waals surface area contributed by atoms with Crippen LogP contribution in [0.5, 0.6) is 0 Å². The van der Waals surface area contributed by atoms with Crippen molar-refractivity contribution in [2.75, 3.05) is 0 Å². The quantitative estimate of drug-likeness (QED) is 0.191. The van der Waals surface area contributed by atoms with Crippen LogP contribution in [0.1, 0.15) is 5.56 Å². The Bertz CT molecular complexity index is 1400. The third kappa shape index (κ3) is 3.52. The molecule has 6 aromatic carbocycles. The zero-order valence-electron chi connectivity index (χ0n) is 19.1. The Morgan fingerprint density at radius 1 is 0.382 bits per heavy atom. The minimum atomic E-state index is -2.40. The average Bonchev–Trinajstić information content (AvgIpc) is 2.93. The number of fused-ring (bicyclic) bond motifs is 2. The standard InChI is InChI=1S/C33H27P/c1-4-16-28(17-5-1)34(29-18-6-2-7-19-29,30-20-8-3-9-21-30)25-33-31-22-12-10-14-26(31)24-27-15-11-13-23-32(27)33/h1-24,34H,25H2. The van der Waals surface area contributed by atoms with Gasteiger partial charge in [0.25, 0.3) is 0 Å². The summed E-state index contributed by atoms with van der Waals surface area (Å²) in [6, 6.07) is 53.8. The van der Waals surface area contributed by atoms with Gasteiger partial charge in [0.15, 0.2) is 0 Å². The molecule has 0 saturated carbocycles. The van der Waals surface area contributed by atoms with E-state index in [2.05, 4.69) is 146 Å². The van der Waals surface area contributed by atoms with Crippen LogP contribution in [-0.2, 0) is 6.16 Å². The molecule has 0 spiro atoms. The Morgan fingerprint density at radius 3 is 1.15 bits per heavy atom. The molecule has 0 aromatic heterocycles. The summed E-state index contributed by atoms with van der Waals surface area (Å²) < 4.78 is 0. The molecule has 6 rings (SSSR count). The number of hydrogen-bond donors (Lipinski definition) is 0. The molecule has 164 valence electrons. The topological polar surface area (TPSA) is 0 Å². The fourth-order valence-corrected chi connectivity index (χ4v) is 10.3. The van der Waals surface area contributed by atoms with Gasteiger partial charge in [0.05, 0.1) is 0 Å². The van der Waals surface area contributed by atoms with Crippen LogP contribution in [0, 0.1) is 0 Å². The predicted octanol–water partition coefficient (Wildman–Crippen LogP) is 7.22. The summed E-state index contributed by atoms with van der Waals surface area (Å²) in [7, 11) is -2.40. The maximum absolute atomic E-state index is 2.40. The number of hydrogen-bond acceptors (Lipinski definition) is 0. The fraction of sp³-hybridized carbons (Fsp3) is 0.0303. The molecule has 0 saturated heterocycles. The molecule has 34 heavy (non-hydrogen) atoms. The van der Waals surface area contributed by atoms with E-state index in [1.54, 1.807) is 0 Å². The first-order chi connectivity index (χ1) is 16.9. The third-order valence-corrected chi connectivity index (χ3v) is 12.0.